The fraction of sp³-hybridized carbons (Fsp3) is 0.467. The first-order valence-corrected chi connectivity index (χ1v) is 7.66. The van der Waals surface area contributed by atoms with Gasteiger partial charge in [0.1, 0.15) is 5.92 Å². The molecule has 1 aliphatic heterocycles. The Labute approximate surface area is 118 Å². The van der Waals surface area contributed by atoms with Crippen molar-refractivity contribution in [1.82, 2.24) is 4.90 Å². The molecule has 4 heteroatoms. The molecule has 100 valence electrons. The molecule has 0 saturated carbocycles. The molecule has 1 aromatic rings. The van der Waals surface area contributed by atoms with Crippen molar-refractivity contribution in [1.29, 1.82) is 5.26 Å². The molecule has 2 rings (SSSR count). The van der Waals surface area contributed by atoms with E-state index in [0.717, 1.165) is 23.5 Å². The lowest BCUT2D eigenvalue weighted by Gasteiger charge is -2.25. The van der Waals surface area contributed by atoms with Crippen LogP contribution in [-0.4, -0.2) is 35.4 Å². The molecule has 0 spiro atoms. The molecular formula is C15H18N2OS. The number of amides is 1. The summed E-state index contributed by atoms with van der Waals surface area (Å²) in [5.74, 6) is 1.49. The SMILES string of the molecule is CN(C(=O)C(C#N)Cc1ccccc1)C1CCSC1. The van der Waals surface area contributed by atoms with Gasteiger partial charge in [0.25, 0.3) is 0 Å². The number of carbonyl (C=O) groups is 1. The Balaban J connectivity index is 2.01. The molecule has 0 radical (unpaired) electrons. The summed E-state index contributed by atoms with van der Waals surface area (Å²) in [6.07, 6.45) is 1.54. The number of nitriles is 1. The van der Waals surface area contributed by atoms with Crippen molar-refractivity contribution in [2.24, 2.45) is 5.92 Å². The van der Waals surface area contributed by atoms with Crippen LogP contribution in [0.2, 0.25) is 0 Å². The fourth-order valence-electron chi connectivity index (χ4n) is 2.29. The summed E-state index contributed by atoms with van der Waals surface area (Å²) in [6.45, 7) is 0. The Morgan fingerprint density at radius 2 is 2.26 bits per heavy atom. The Morgan fingerprint density at radius 3 is 2.84 bits per heavy atom. The van der Waals surface area contributed by atoms with Crippen LogP contribution >= 0.6 is 11.8 Å². The molecule has 0 aromatic heterocycles. The van der Waals surface area contributed by atoms with Crippen molar-refractivity contribution >= 4 is 17.7 Å². The molecule has 1 aromatic carbocycles. The highest BCUT2D eigenvalue weighted by Crippen LogP contribution is 2.23. The molecule has 1 fully saturated rings. The number of thioether (sulfide) groups is 1. The summed E-state index contributed by atoms with van der Waals surface area (Å²) < 4.78 is 0. The van der Waals surface area contributed by atoms with Gasteiger partial charge in [0, 0.05) is 18.8 Å². The largest absolute Gasteiger partial charge is 0.341 e. The van der Waals surface area contributed by atoms with E-state index < -0.39 is 5.92 Å². The molecule has 19 heavy (non-hydrogen) atoms. The molecule has 2 atom stereocenters. The number of nitrogens with zero attached hydrogens (tertiary/aromatic N) is 2. The van der Waals surface area contributed by atoms with Crippen LogP contribution in [0.25, 0.3) is 0 Å². The molecule has 2 unspecified atom stereocenters. The monoisotopic (exact) mass is 274 g/mol. The van der Waals surface area contributed by atoms with Crippen LogP contribution in [0.15, 0.2) is 30.3 Å². The zero-order valence-electron chi connectivity index (χ0n) is 11.1. The van der Waals surface area contributed by atoms with Gasteiger partial charge < -0.3 is 4.90 Å². The van der Waals surface area contributed by atoms with Crippen LogP contribution in [0.3, 0.4) is 0 Å². The van der Waals surface area contributed by atoms with E-state index in [4.69, 9.17) is 0 Å². The standard InChI is InChI=1S/C15H18N2OS/c1-17(14-7-8-19-11-14)15(18)13(10-16)9-12-5-3-2-4-6-12/h2-6,13-14H,7-9,11H2,1H3. The summed E-state index contributed by atoms with van der Waals surface area (Å²) in [5.41, 5.74) is 1.04. The average Bonchev–Trinajstić information content (AvgIpc) is 2.98. The summed E-state index contributed by atoms with van der Waals surface area (Å²) in [4.78, 5) is 14.1. The molecular weight excluding hydrogens is 256 g/mol. The predicted octanol–water partition coefficient (Wildman–Crippen LogP) is 2.33. The zero-order chi connectivity index (χ0) is 13.7. The third kappa shape index (κ3) is 3.51. The van der Waals surface area contributed by atoms with Crippen molar-refractivity contribution in [2.75, 3.05) is 18.6 Å². The van der Waals surface area contributed by atoms with Crippen LogP contribution in [0.4, 0.5) is 0 Å². The quantitative estimate of drug-likeness (QED) is 0.846. The second-order valence-corrected chi connectivity index (χ2v) is 5.99. The van der Waals surface area contributed by atoms with Gasteiger partial charge in [-0.1, -0.05) is 30.3 Å². The van der Waals surface area contributed by atoms with Gasteiger partial charge in [-0.05, 0) is 24.2 Å². The van der Waals surface area contributed by atoms with E-state index in [-0.39, 0.29) is 5.91 Å². The van der Waals surface area contributed by atoms with Crippen molar-refractivity contribution < 1.29 is 4.79 Å². The molecule has 3 nitrogen and oxygen atoms in total. The first-order valence-electron chi connectivity index (χ1n) is 6.50. The van der Waals surface area contributed by atoms with E-state index in [0.29, 0.717) is 12.5 Å². The third-order valence-corrected chi connectivity index (χ3v) is 4.68. The van der Waals surface area contributed by atoms with Crippen LogP contribution in [0, 0.1) is 17.2 Å². The van der Waals surface area contributed by atoms with E-state index in [2.05, 4.69) is 6.07 Å². The second kappa shape index (κ2) is 6.63. The van der Waals surface area contributed by atoms with Crippen LogP contribution in [0.5, 0.6) is 0 Å². The number of hydrogen-bond donors (Lipinski definition) is 0. The van der Waals surface area contributed by atoms with Crippen molar-refractivity contribution in [3.63, 3.8) is 0 Å². The van der Waals surface area contributed by atoms with Gasteiger partial charge in [-0.25, -0.2) is 0 Å². The van der Waals surface area contributed by atoms with Gasteiger partial charge in [0.2, 0.25) is 5.91 Å². The van der Waals surface area contributed by atoms with Crippen molar-refractivity contribution in [3.05, 3.63) is 35.9 Å². The number of hydrogen-bond acceptors (Lipinski definition) is 3. The van der Waals surface area contributed by atoms with E-state index in [9.17, 15) is 10.1 Å². The van der Waals surface area contributed by atoms with E-state index in [1.165, 1.54) is 0 Å². The number of benzene rings is 1. The van der Waals surface area contributed by atoms with E-state index >= 15 is 0 Å². The van der Waals surface area contributed by atoms with Crippen LogP contribution in [-0.2, 0) is 11.2 Å². The molecule has 0 aliphatic carbocycles. The lowest BCUT2D eigenvalue weighted by atomic mass is 9.99. The molecule has 1 aliphatic rings. The summed E-state index contributed by atoms with van der Waals surface area (Å²) in [5, 5.41) is 9.25. The lowest BCUT2D eigenvalue weighted by Crippen LogP contribution is -2.41. The summed E-state index contributed by atoms with van der Waals surface area (Å²) >= 11 is 1.87. The first-order chi connectivity index (χ1) is 9.22. The van der Waals surface area contributed by atoms with Gasteiger partial charge >= 0.3 is 0 Å². The van der Waals surface area contributed by atoms with Crippen LogP contribution < -0.4 is 0 Å². The summed E-state index contributed by atoms with van der Waals surface area (Å²) in [7, 11) is 1.83. The molecule has 1 heterocycles. The first kappa shape index (κ1) is 14.0. The number of carbonyl (C=O) groups excluding carboxylic acids is 1. The minimum Gasteiger partial charge on any atom is -0.341 e. The van der Waals surface area contributed by atoms with Gasteiger partial charge in [0.05, 0.1) is 6.07 Å². The minimum absolute atomic E-state index is 0.0427. The Kier molecular flexibility index (Phi) is 4.86. The fourth-order valence-corrected chi connectivity index (χ4v) is 3.56. The van der Waals surface area contributed by atoms with Gasteiger partial charge in [-0.15, -0.1) is 0 Å². The van der Waals surface area contributed by atoms with Crippen LogP contribution in [0.1, 0.15) is 12.0 Å². The third-order valence-electron chi connectivity index (χ3n) is 3.54. The molecule has 0 N–H and O–H groups in total. The maximum absolute atomic E-state index is 12.4. The molecule has 1 saturated heterocycles. The summed E-state index contributed by atoms with van der Waals surface area (Å²) in [6, 6.07) is 12.2. The van der Waals surface area contributed by atoms with Gasteiger partial charge in [-0.2, -0.15) is 17.0 Å². The average molecular weight is 274 g/mol. The smallest absolute Gasteiger partial charge is 0.240 e. The predicted molar refractivity (Wildman–Crippen MR) is 77.7 cm³/mol. The highest BCUT2D eigenvalue weighted by atomic mass is 32.2. The highest BCUT2D eigenvalue weighted by molar-refractivity contribution is 7.99. The Morgan fingerprint density at radius 1 is 1.53 bits per heavy atom. The highest BCUT2D eigenvalue weighted by Gasteiger charge is 2.29. The second-order valence-electron chi connectivity index (χ2n) is 4.84. The van der Waals surface area contributed by atoms with Gasteiger partial charge in [0.15, 0.2) is 0 Å². The number of rotatable bonds is 4. The lowest BCUT2D eigenvalue weighted by molar-refractivity contribution is -0.134. The van der Waals surface area contributed by atoms with Crippen molar-refractivity contribution in [3.8, 4) is 6.07 Å². The van der Waals surface area contributed by atoms with Crippen molar-refractivity contribution in [2.45, 2.75) is 18.9 Å². The maximum atomic E-state index is 12.4. The topological polar surface area (TPSA) is 44.1 Å². The zero-order valence-corrected chi connectivity index (χ0v) is 11.9. The van der Waals surface area contributed by atoms with Gasteiger partial charge in [-0.3, -0.25) is 4.79 Å². The Bertz CT molecular complexity index is 463. The Hall–Kier alpha value is -1.47. The van der Waals surface area contributed by atoms with E-state index in [1.54, 1.807) is 4.90 Å². The molecule has 0 bridgehead atoms. The van der Waals surface area contributed by atoms with E-state index in [1.807, 2.05) is 49.1 Å². The minimum atomic E-state index is -0.571. The molecule has 1 amide bonds. The maximum Gasteiger partial charge on any atom is 0.240 e. The normalized spacial score (nSPS) is 19.7.